The number of ketones is 1. The highest BCUT2D eigenvalue weighted by Gasteiger charge is 2.23. The standard InChI is InChI=1S/C19H29N5O3/c1-12(22-14(3)25)10-16-13(2)17(11-21-19(27)18(26)6-8-20)24(23-16)9-7-15-4-5-15/h6,8,12,15H,4-5,7,9-11,20H2,1-3H3,(H,21,27)(H,22,25)/t12-/m0/s1. The minimum atomic E-state index is -0.695. The maximum Gasteiger partial charge on any atom is 0.292 e. The summed E-state index contributed by atoms with van der Waals surface area (Å²) in [6.45, 7) is 6.39. The largest absolute Gasteiger partial charge is 0.404 e. The van der Waals surface area contributed by atoms with Crippen LogP contribution >= 0.6 is 0 Å². The van der Waals surface area contributed by atoms with Gasteiger partial charge in [0, 0.05) is 32.0 Å². The molecule has 1 aliphatic rings. The molecule has 0 bridgehead atoms. The molecule has 0 aromatic carbocycles. The molecule has 0 aliphatic heterocycles. The number of nitrogens with zero attached hydrogens (tertiary/aromatic N) is 2. The van der Waals surface area contributed by atoms with E-state index < -0.39 is 11.7 Å². The topological polar surface area (TPSA) is 119 Å². The van der Waals surface area contributed by atoms with E-state index in [2.05, 4.69) is 10.6 Å². The van der Waals surface area contributed by atoms with E-state index in [-0.39, 0.29) is 18.5 Å². The fraction of sp³-hybridized carbons (Fsp3) is 0.579. The van der Waals surface area contributed by atoms with Gasteiger partial charge in [-0.3, -0.25) is 19.1 Å². The zero-order valence-electron chi connectivity index (χ0n) is 16.2. The molecular weight excluding hydrogens is 346 g/mol. The number of carbonyl (C=O) groups excluding carboxylic acids is 3. The molecule has 2 amide bonds. The smallest absolute Gasteiger partial charge is 0.292 e. The maximum absolute atomic E-state index is 11.9. The first-order valence-electron chi connectivity index (χ1n) is 9.34. The van der Waals surface area contributed by atoms with E-state index in [0.717, 1.165) is 48.1 Å². The molecule has 2 rings (SSSR count). The molecule has 4 N–H and O–H groups in total. The Morgan fingerprint density at radius 2 is 2.07 bits per heavy atom. The first-order chi connectivity index (χ1) is 12.8. The Bertz CT molecular complexity index is 734. The van der Waals surface area contributed by atoms with E-state index >= 15 is 0 Å². The van der Waals surface area contributed by atoms with Gasteiger partial charge in [0.15, 0.2) is 0 Å². The number of aryl methyl sites for hydroxylation is 1. The Kier molecular flexibility index (Phi) is 7.15. The van der Waals surface area contributed by atoms with Crippen molar-refractivity contribution in [2.24, 2.45) is 11.7 Å². The normalized spacial score (nSPS) is 14.9. The van der Waals surface area contributed by atoms with Gasteiger partial charge in [-0.25, -0.2) is 0 Å². The third-order valence-corrected chi connectivity index (χ3v) is 4.70. The first kappa shape index (κ1) is 20.7. The van der Waals surface area contributed by atoms with E-state index in [1.807, 2.05) is 18.5 Å². The Hall–Kier alpha value is -2.64. The third kappa shape index (κ3) is 6.23. The summed E-state index contributed by atoms with van der Waals surface area (Å²) in [5.74, 6) is -0.694. The molecule has 27 heavy (non-hydrogen) atoms. The molecule has 1 fully saturated rings. The van der Waals surface area contributed by atoms with Gasteiger partial charge in [0.2, 0.25) is 11.7 Å². The van der Waals surface area contributed by atoms with Crippen molar-refractivity contribution >= 4 is 17.6 Å². The van der Waals surface area contributed by atoms with Crippen molar-refractivity contribution in [3.63, 3.8) is 0 Å². The number of nitrogens with two attached hydrogens (primary N) is 1. The molecule has 1 heterocycles. The van der Waals surface area contributed by atoms with Gasteiger partial charge in [-0.1, -0.05) is 12.8 Å². The van der Waals surface area contributed by atoms with Gasteiger partial charge in [0.1, 0.15) is 0 Å². The van der Waals surface area contributed by atoms with Crippen LogP contribution in [0.4, 0.5) is 0 Å². The zero-order chi connectivity index (χ0) is 20.0. The molecule has 8 heteroatoms. The third-order valence-electron chi connectivity index (χ3n) is 4.70. The monoisotopic (exact) mass is 375 g/mol. The number of aromatic nitrogens is 2. The summed E-state index contributed by atoms with van der Waals surface area (Å²) in [6.07, 6.45) is 6.27. The number of hydrogen-bond acceptors (Lipinski definition) is 5. The quantitative estimate of drug-likeness (QED) is 0.411. The van der Waals surface area contributed by atoms with Gasteiger partial charge < -0.3 is 16.4 Å². The van der Waals surface area contributed by atoms with E-state index in [1.54, 1.807) is 0 Å². The predicted octanol–water partition coefficient (Wildman–Crippen LogP) is 0.716. The minimum Gasteiger partial charge on any atom is -0.404 e. The lowest BCUT2D eigenvalue weighted by atomic mass is 10.1. The lowest BCUT2D eigenvalue weighted by Crippen LogP contribution is -2.32. The Balaban J connectivity index is 2.12. The fourth-order valence-corrected chi connectivity index (χ4v) is 3.06. The number of hydrogen-bond donors (Lipinski definition) is 3. The fourth-order valence-electron chi connectivity index (χ4n) is 3.06. The maximum atomic E-state index is 11.9. The van der Waals surface area contributed by atoms with Crippen LogP contribution in [0.5, 0.6) is 0 Å². The molecule has 1 aromatic heterocycles. The summed E-state index contributed by atoms with van der Waals surface area (Å²) in [5, 5.41) is 10.2. The summed E-state index contributed by atoms with van der Waals surface area (Å²) in [4.78, 5) is 34.7. The highest BCUT2D eigenvalue weighted by atomic mass is 16.2. The average molecular weight is 375 g/mol. The Labute approximate surface area is 159 Å². The van der Waals surface area contributed by atoms with Gasteiger partial charge in [-0.2, -0.15) is 5.10 Å². The molecule has 1 aromatic rings. The van der Waals surface area contributed by atoms with Crippen LogP contribution in [0.2, 0.25) is 0 Å². The summed E-state index contributed by atoms with van der Waals surface area (Å²) >= 11 is 0. The second-order valence-corrected chi connectivity index (χ2v) is 7.19. The molecular formula is C19H29N5O3. The van der Waals surface area contributed by atoms with Crippen molar-refractivity contribution in [3.8, 4) is 0 Å². The molecule has 0 spiro atoms. The summed E-state index contributed by atoms with van der Waals surface area (Å²) in [7, 11) is 0. The molecule has 1 aliphatic carbocycles. The molecule has 1 saturated carbocycles. The Morgan fingerprint density at radius 1 is 1.37 bits per heavy atom. The van der Waals surface area contributed by atoms with Crippen LogP contribution in [0.1, 0.15) is 50.1 Å². The van der Waals surface area contributed by atoms with Gasteiger partial charge >= 0.3 is 0 Å². The van der Waals surface area contributed by atoms with Crippen molar-refractivity contribution in [3.05, 3.63) is 29.2 Å². The molecule has 0 saturated heterocycles. The molecule has 8 nitrogen and oxygen atoms in total. The summed E-state index contributed by atoms with van der Waals surface area (Å²) in [5.41, 5.74) is 7.91. The Morgan fingerprint density at radius 3 is 2.67 bits per heavy atom. The highest BCUT2D eigenvalue weighted by Crippen LogP contribution is 2.33. The van der Waals surface area contributed by atoms with Gasteiger partial charge in [-0.05, 0) is 37.9 Å². The first-order valence-corrected chi connectivity index (χ1v) is 9.34. The second kappa shape index (κ2) is 9.34. The summed E-state index contributed by atoms with van der Waals surface area (Å²) < 4.78 is 1.92. The van der Waals surface area contributed by atoms with Crippen molar-refractivity contribution in [2.45, 2.75) is 65.6 Å². The highest BCUT2D eigenvalue weighted by molar-refractivity contribution is 6.40. The van der Waals surface area contributed by atoms with Gasteiger partial charge in [-0.15, -0.1) is 0 Å². The minimum absolute atomic E-state index is 0.0355. The number of carbonyl (C=O) groups is 3. The SMILES string of the molecule is CC(=O)N[C@@H](C)Cc1nn(CCC2CC2)c(CNC(=O)C(=O)C=CN)c1C. The molecule has 0 unspecified atom stereocenters. The van der Waals surface area contributed by atoms with Crippen LogP contribution in [0.25, 0.3) is 0 Å². The van der Waals surface area contributed by atoms with Crippen molar-refractivity contribution < 1.29 is 14.4 Å². The van der Waals surface area contributed by atoms with Crippen LogP contribution in [0, 0.1) is 12.8 Å². The van der Waals surface area contributed by atoms with Gasteiger partial charge in [0.25, 0.3) is 5.91 Å². The van der Waals surface area contributed by atoms with Crippen molar-refractivity contribution in [1.29, 1.82) is 0 Å². The van der Waals surface area contributed by atoms with Gasteiger partial charge in [0.05, 0.1) is 17.9 Å². The van der Waals surface area contributed by atoms with E-state index in [1.165, 1.54) is 19.8 Å². The predicted molar refractivity (Wildman–Crippen MR) is 101 cm³/mol. The average Bonchev–Trinajstić information content (AvgIpc) is 3.37. The van der Waals surface area contributed by atoms with Crippen LogP contribution in [-0.2, 0) is 33.9 Å². The summed E-state index contributed by atoms with van der Waals surface area (Å²) in [6, 6.07) is -0.0355. The molecule has 148 valence electrons. The van der Waals surface area contributed by atoms with Crippen LogP contribution in [0.15, 0.2) is 12.3 Å². The number of nitrogens with one attached hydrogen (secondary N) is 2. The van der Waals surface area contributed by atoms with Crippen molar-refractivity contribution in [2.75, 3.05) is 0 Å². The zero-order valence-corrected chi connectivity index (χ0v) is 16.2. The lowest BCUT2D eigenvalue weighted by molar-refractivity contribution is -0.135. The molecule has 0 radical (unpaired) electrons. The second-order valence-electron chi connectivity index (χ2n) is 7.19. The number of amides is 2. The molecule has 1 atom stereocenters. The van der Waals surface area contributed by atoms with E-state index in [9.17, 15) is 14.4 Å². The van der Waals surface area contributed by atoms with E-state index in [0.29, 0.717) is 6.42 Å². The van der Waals surface area contributed by atoms with E-state index in [4.69, 9.17) is 10.8 Å². The van der Waals surface area contributed by atoms with Crippen LogP contribution < -0.4 is 16.4 Å². The lowest BCUT2D eigenvalue weighted by Gasteiger charge is -2.11. The van der Waals surface area contributed by atoms with Crippen LogP contribution in [-0.4, -0.2) is 33.4 Å². The van der Waals surface area contributed by atoms with Crippen LogP contribution in [0.3, 0.4) is 0 Å². The van der Waals surface area contributed by atoms with Crippen molar-refractivity contribution in [1.82, 2.24) is 20.4 Å². The number of rotatable bonds is 10.